The van der Waals surface area contributed by atoms with Crippen molar-refractivity contribution in [1.82, 2.24) is 0 Å². The molecule has 0 radical (unpaired) electrons. The zero-order valence-electron chi connectivity index (χ0n) is 10.8. The topological polar surface area (TPSA) is 0 Å². The molecule has 88 valence electrons. The highest BCUT2D eigenvalue weighted by molar-refractivity contribution is 5.29. The van der Waals surface area contributed by atoms with Crippen LogP contribution in [0.2, 0.25) is 0 Å². The Bertz CT molecular complexity index is 309. The van der Waals surface area contributed by atoms with Gasteiger partial charge in [0.05, 0.1) is 0 Å². The first kappa shape index (κ1) is 11.7. The fraction of sp³-hybridized carbons (Fsp3) is 0.625. The van der Waals surface area contributed by atoms with Crippen molar-refractivity contribution in [3.63, 3.8) is 0 Å². The lowest BCUT2D eigenvalue weighted by molar-refractivity contribution is 0.271. The van der Waals surface area contributed by atoms with E-state index < -0.39 is 0 Å². The predicted octanol–water partition coefficient (Wildman–Crippen LogP) is 5.00. The summed E-state index contributed by atoms with van der Waals surface area (Å²) in [6.45, 7) is 4.50. The molecule has 0 heteroatoms. The minimum atomic E-state index is 0.515. The van der Waals surface area contributed by atoms with E-state index in [9.17, 15) is 0 Å². The van der Waals surface area contributed by atoms with E-state index in [1.54, 1.807) is 5.56 Å². The zero-order chi connectivity index (χ0) is 11.4. The highest BCUT2D eigenvalue weighted by atomic mass is 14.4. The summed E-state index contributed by atoms with van der Waals surface area (Å²) in [5.74, 6) is 0. The molecule has 0 aromatic heterocycles. The highest BCUT2D eigenvalue weighted by Gasteiger charge is 2.32. The number of aryl methyl sites for hydroxylation is 1. The molecule has 0 spiro atoms. The molecule has 0 saturated heterocycles. The normalized spacial score (nSPS) is 19.6. The molecule has 1 aromatic carbocycles. The number of benzene rings is 1. The quantitative estimate of drug-likeness (QED) is 0.667. The summed E-state index contributed by atoms with van der Waals surface area (Å²) in [4.78, 5) is 0. The van der Waals surface area contributed by atoms with E-state index in [0.717, 1.165) is 0 Å². The van der Waals surface area contributed by atoms with E-state index in [1.165, 1.54) is 50.5 Å². The first-order chi connectivity index (χ1) is 7.77. The number of hydrogen-bond acceptors (Lipinski definition) is 0. The molecule has 0 aliphatic heterocycles. The van der Waals surface area contributed by atoms with Crippen LogP contribution >= 0.6 is 0 Å². The fourth-order valence-electron chi connectivity index (χ4n) is 3.30. The second kappa shape index (κ2) is 5.03. The van der Waals surface area contributed by atoms with Gasteiger partial charge in [0.25, 0.3) is 0 Å². The maximum atomic E-state index is 2.37. The van der Waals surface area contributed by atoms with Gasteiger partial charge in [-0.25, -0.2) is 0 Å². The van der Waals surface area contributed by atoms with Gasteiger partial charge in [-0.15, -0.1) is 0 Å². The van der Waals surface area contributed by atoms with Gasteiger partial charge >= 0.3 is 0 Å². The van der Waals surface area contributed by atoms with E-state index >= 15 is 0 Å². The Morgan fingerprint density at radius 1 is 1.00 bits per heavy atom. The number of rotatable bonds is 3. The van der Waals surface area contributed by atoms with Crippen LogP contribution in [-0.4, -0.2) is 0 Å². The maximum Gasteiger partial charge on any atom is -0.00471 e. The fourth-order valence-corrected chi connectivity index (χ4v) is 3.30. The lowest BCUT2D eigenvalue weighted by atomic mass is 9.67. The molecule has 0 N–H and O–H groups in total. The third kappa shape index (κ3) is 2.31. The Kier molecular flexibility index (Phi) is 3.68. The van der Waals surface area contributed by atoms with Crippen LogP contribution in [0.4, 0.5) is 0 Å². The average Bonchev–Trinajstić information content (AvgIpc) is 2.31. The molecule has 0 heterocycles. The van der Waals surface area contributed by atoms with E-state index in [-0.39, 0.29) is 0 Å². The Labute approximate surface area is 100 Å². The molecule has 0 bridgehead atoms. The van der Waals surface area contributed by atoms with Crippen LogP contribution in [-0.2, 0) is 5.41 Å². The molecule has 2 rings (SSSR count). The third-order valence-corrected chi connectivity index (χ3v) is 4.20. The van der Waals surface area contributed by atoms with Crippen molar-refractivity contribution in [3.8, 4) is 0 Å². The molecule has 0 amide bonds. The van der Waals surface area contributed by atoms with Gasteiger partial charge < -0.3 is 0 Å². The van der Waals surface area contributed by atoms with Crippen LogP contribution in [0, 0.1) is 6.92 Å². The van der Waals surface area contributed by atoms with Crippen molar-refractivity contribution in [1.29, 1.82) is 0 Å². The molecule has 1 saturated carbocycles. The Hall–Kier alpha value is -0.780. The molecule has 0 unspecified atom stereocenters. The van der Waals surface area contributed by atoms with E-state index in [0.29, 0.717) is 5.41 Å². The van der Waals surface area contributed by atoms with Crippen molar-refractivity contribution >= 4 is 0 Å². The van der Waals surface area contributed by atoms with E-state index in [4.69, 9.17) is 0 Å². The monoisotopic (exact) mass is 216 g/mol. The Balaban J connectivity index is 2.26. The van der Waals surface area contributed by atoms with Crippen LogP contribution < -0.4 is 0 Å². The summed E-state index contributed by atoms with van der Waals surface area (Å²) in [6.07, 6.45) is 9.79. The summed E-state index contributed by atoms with van der Waals surface area (Å²) in [5.41, 5.74) is 3.49. The van der Waals surface area contributed by atoms with Crippen LogP contribution in [0.3, 0.4) is 0 Å². The van der Waals surface area contributed by atoms with Gasteiger partial charge in [0.2, 0.25) is 0 Å². The van der Waals surface area contributed by atoms with Gasteiger partial charge in [-0.3, -0.25) is 0 Å². The van der Waals surface area contributed by atoms with E-state index in [2.05, 4.69) is 38.1 Å². The van der Waals surface area contributed by atoms with Gasteiger partial charge in [0.1, 0.15) is 0 Å². The number of hydrogen-bond donors (Lipinski definition) is 0. The van der Waals surface area contributed by atoms with Crippen molar-refractivity contribution in [2.75, 3.05) is 0 Å². The molecule has 0 nitrogen and oxygen atoms in total. The first-order valence-corrected chi connectivity index (χ1v) is 6.84. The summed E-state index contributed by atoms with van der Waals surface area (Å²) < 4.78 is 0. The minimum Gasteiger partial charge on any atom is -0.0654 e. The van der Waals surface area contributed by atoms with Crippen molar-refractivity contribution in [3.05, 3.63) is 35.4 Å². The van der Waals surface area contributed by atoms with Crippen molar-refractivity contribution in [2.45, 2.75) is 64.2 Å². The Morgan fingerprint density at radius 3 is 2.19 bits per heavy atom. The molecule has 1 fully saturated rings. The predicted molar refractivity (Wildman–Crippen MR) is 70.9 cm³/mol. The molecular weight excluding hydrogens is 192 g/mol. The smallest absolute Gasteiger partial charge is 0.00471 e. The molecule has 1 aliphatic carbocycles. The summed E-state index contributed by atoms with van der Waals surface area (Å²) in [5, 5.41) is 0. The maximum absolute atomic E-state index is 2.37. The van der Waals surface area contributed by atoms with Gasteiger partial charge in [0.15, 0.2) is 0 Å². The van der Waals surface area contributed by atoms with Crippen LogP contribution in [0.15, 0.2) is 24.3 Å². The lowest BCUT2D eigenvalue weighted by Crippen LogP contribution is -2.28. The first-order valence-electron chi connectivity index (χ1n) is 6.84. The van der Waals surface area contributed by atoms with Crippen LogP contribution in [0.25, 0.3) is 0 Å². The lowest BCUT2D eigenvalue weighted by Gasteiger charge is -2.38. The van der Waals surface area contributed by atoms with Gasteiger partial charge in [-0.05, 0) is 37.2 Å². The molecule has 0 atom stereocenters. The minimum absolute atomic E-state index is 0.515. The summed E-state index contributed by atoms with van der Waals surface area (Å²) in [6, 6.07) is 9.30. The standard InChI is InChI=1S/C16H24/c1-3-11-16(12-5-4-6-13-16)15-9-7-14(2)8-10-15/h7-10H,3-6,11-13H2,1-2H3. The Morgan fingerprint density at radius 2 is 1.62 bits per heavy atom. The van der Waals surface area contributed by atoms with Gasteiger partial charge in [-0.2, -0.15) is 0 Å². The van der Waals surface area contributed by atoms with Crippen molar-refractivity contribution < 1.29 is 0 Å². The summed E-state index contributed by atoms with van der Waals surface area (Å²) in [7, 11) is 0. The van der Waals surface area contributed by atoms with Gasteiger partial charge in [0, 0.05) is 0 Å². The molecule has 1 aromatic rings. The molecule has 1 aliphatic rings. The van der Waals surface area contributed by atoms with Crippen LogP contribution in [0.5, 0.6) is 0 Å². The largest absolute Gasteiger partial charge is 0.0654 e. The highest BCUT2D eigenvalue weighted by Crippen LogP contribution is 2.42. The molecule has 16 heavy (non-hydrogen) atoms. The molecular formula is C16H24. The second-order valence-electron chi connectivity index (χ2n) is 5.46. The zero-order valence-corrected chi connectivity index (χ0v) is 10.8. The van der Waals surface area contributed by atoms with E-state index in [1.807, 2.05) is 0 Å². The SMILES string of the molecule is CCCC1(c2ccc(C)cc2)CCCCC1. The van der Waals surface area contributed by atoms with Crippen LogP contribution in [0.1, 0.15) is 63.0 Å². The second-order valence-corrected chi connectivity index (χ2v) is 5.46. The van der Waals surface area contributed by atoms with Gasteiger partial charge in [-0.1, -0.05) is 62.4 Å². The summed E-state index contributed by atoms with van der Waals surface area (Å²) >= 11 is 0. The average molecular weight is 216 g/mol. The van der Waals surface area contributed by atoms with Crippen molar-refractivity contribution in [2.24, 2.45) is 0 Å². The third-order valence-electron chi connectivity index (χ3n) is 4.20.